The van der Waals surface area contributed by atoms with Crippen LogP contribution in [0.3, 0.4) is 0 Å². The van der Waals surface area contributed by atoms with Crippen LogP contribution < -0.4 is 21.8 Å². The number of aliphatic hydroxyl groups is 2. The van der Waals surface area contributed by atoms with Crippen LogP contribution in [0.1, 0.15) is 101 Å². The van der Waals surface area contributed by atoms with Crippen molar-refractivity contribution in [3.8, 4) is 0 Å². The molecule has 0 spiro atoms. The maximum atomic E-state index is 13.2. The van der Waals surface area contributed by atoms with E-state index in [-0.39, 0.29) is 84.0 Å². The molecule has 4 N–H and O–H groups in total. The smallest absolute Gasteiger partial charge is 0.258 e. The number of rotatable bonds is 14. The topological polar surface area (TPSA) is 149 Å². The van der Waals surface area contributed by atoms with Gasteiger partial charge in [-0.05, 0) is 102 Å². The van der Waals surface area contributed by atoms with Gasteiger partial charge in [-0.1, -0.05) is 38.2 Å². The van der Waals surface area contributed by atoms with E-state index in [1.807, 2.05) is 71.6 Å². The maximum absolute atomic E-state index is 13.2. The monoisotopic (exact) mass is 770 g/mol. The fourth-order valence-corrected chi connectivity index (χ4v) is 10.2. The summed E-state index contributed by atoms with van der Waals surface area (Å²) in [5.74, 6) is 0.336. The number of nitrogens with zero attached hydrogens (tertiary/aromatic N) is 4. The van der Waals surface area contributed by atoms with Crippen molar-refractivity contribution in [3.63, 3.8) is 0 Å². The second-order valence-corrected chi connectivity index (χ2v) is 16.9. The van der Waals surface area contributed by atoms with Crippen LogP contribution in [0.2, 0.25) is 0 Å². The Morgan fingerprint density at radius 1 is 0.679 bits per heavy atom. The van der Waals surface area contributed by atoms with Crippen LogP contribution in [-0.2, 0) is 22.7 Å². The molecule has 4 bridgehead atoms. The Balaban J connectivity index is 0.000000172. The van der Waals surface area contributed by atoms with Crippen molar-refractivity contribution >= 4 is 24.0 Å². The van der Waals surface area contributed by atoms with Crippen molar-refractivity contribution in [3.05, 3.63) is 79.6 Å². The Kier molecular flexibility index (Phi) is 12.5. The Labute approximate surface area is 330 Å². The van der Waals surface area contributed by atoms with Gasteiger partial charge in [-0.25, -0.2) is 0 Å². The van der Waals surface area contributed by atoms with Gasteiger partial charge >= 0.3 is 0 Å². The summed E-state index contributed by atoms with van der Waals surface area (Å²) in [7, 11) is 0. The molecule has 12 nitrogen and oxygen atoms in total. The highest BCUT2D eigenvalue weighted by Crippen LogP contribution is 2.49. The first-order valence-corrected chi connectivity index (χ1v) is 21.2. The van der Waals surface area contributed by atoms with Crippen LogP contribution in [-0.4, -0.2) is 92.4 Å². The van der Waals surface area contributed by atoms with Gasteiger partial charge in [0, 0.05) is 85.8 Å². The van der Waals surface area contributed by atoms with Crippen molar-refractivity contribution in [1.82, 2.24) is 29.6 Å². The number of carbonyl (C=O) groups is 2. The molecule has 304 valence electrons. The van der Waals surface area contributed by atoms with Gasteiger partial charge in [-0.2, -0.15) is 0 Å². The van der Waals surface area contributed by atoms with Crippen LogP contribution in [0.4, 0.5) is 0 Å². The predicted molar refractivity (Wildman–Crippen MR) is 217 cm³/mol. The lowest BCUT2D eigenvalue weighted by atomic mass is 9.86. The molecular weight excluding hydrogens is 709 g/mol. The van der Waals surface area contributed by atoms with Gasteiger partial charge in [-0.15, -0.1) is 0 Å². The van der Waals surface area contributed by atoms with Gasteiger partial charge in [0.1, 0.15) is 0 Å². The number of nitrogens with one attached hydrogen (secondary N) is 2. The van der Waals surface area contributed by atoms with E-state index in [4.69, 9.17) is 0 Å². The quantitative estimate of drug-likeness (QED) is 0.228. The fraction of sp³-hybridized carbons (Fsp3) is 0.636. The summed E-state index contributed by atoms with van der Waals surface area (Å²) >= 11 is 0. The van der Waals surface area contributed by atoms with Gasteiger partial charge < -0.3 is 30.0 Å². The van der Waals surface area contributed by atoms with E-state index in [0.717, 1.165) is 50.4 Å². The van der Waals surface area contributed by atoms with Crippen LogP contribution in [0.15, 0.2) is 46.0 Å². The van der Waals surface area contributed by atoms with Crippen LogP contribution in [0, 0.1) is 35.5 Å². The average Bonchev–Trinajstić information content (AvgIpc) is 4.13. The number of hydrogen-bond donors (Lipinski definition) is 4. The number of aliphatic hydroxyl groups excluding tert-OH is 2. The highest BCUT2D eigenvalue weighted by molar-refractivity contribution is 5.81. The number of hydrogen-bond acceptors (Lipinski definition) is 8. The van der Waals surface area contributed by atoms with Crippen molar-refractivity contribution in [2.75, 3.05) is 39.4 Å². The molecule has 0 radical (unpaired) electrons. The van der Waals surface area contributed by atoms with Gasteiger partial charge in [0.2, 0.25) is 11.8 Å². The molecule has 2 amide bonds. The molecule has 8 atom stereocenters. The standard InChI is InChI=1S/2C22H31N3O3/c2*1-3-5-15-8-9-17-20-19(21(27)23-11-14-6-7-14)16(13-26)18(24(20)10-4-2)12-25(17)22(15)28/h2*3,5,8-9,14,16,18-20,26H,4,6-7,10-13H2,1-2H3,(H,23,27)/b5-3+;5-3-/t2*16-,18-,19+,20+/m00/s1. The molecule has 0 aromatic carbocycles. The molecule has 2 saturated carbocycles. The Morgan fingerprint density at radius 2 is 1.07 bits per heavy atom. The molecule has 2 saturated heterocycles. The SMILES string of the molecule is C/C=C/c1ccc2n(c1=O)C[C@H]1[C@H](CO)[C@@H](C(=O)NCC3CC3)[C@@H]2N1CCC.C/C=C\c1ccc2n(c1=O)C[C@H]1[C@H](CO)[C@@H](C(=O)NCC3CC3)[C@@H]2N1CCC. The summed E-state index contributed by atoms with van der Waals surface area (Å²) in [5.41, 5.74) is 3.15. The third-order valence-electron chi connectivity index (χ3n) is 13.2. The van der Waals surface area contributed by atoms with Crippen LogP contribution in [0.25, 0.3) is 12.2 Å². The summed E-state index contributed by atoms with van der Waals surface area (Å²) in [5, 5.41) is 26.6. The Hall–Kier alpha value is -3.84. The summed E-state index contributed by atoms with van der Waals surface area (Å²) in [4.78, 5) is 57.0. The highest BCUT2D eigenvalue weighted by atomic mass is 16.3. The van der Waals surface area contributed by atoms with Gasteiger partial charge in [0.25, 0.3) is 11.1 Å². The maximum Gasteiger partial charge on any atom is 0.258 e. The zero-order chi connectivity index (χ0) is 39.7. The van der Waals surface area contributed by atoms with Gasteiger partial charge in [0.15, 0.2) is 0 Å². The highest BCUT2D eigenvalue weighted by Gasteiger charge is 2.56. The number of pyridine rings is 2. The molecule has 56 heavy (non-hydrogen) atoms. The van der Waals surface area contributed by atoms with E-state index in [9.17, 15) is 29.4 Å². The van der Waals surface area contributed by atoms with E-state index in [1.54, 1.807) is 0 Å². The van der Waals surface area contributed by atoms with Gasteiger partial charge in [-0.3, -0.25) is 29.0 Å². The van der Waals surface area contributed by atoms with Crippen molar-refractivity contribution in [1.29, 1.82) is 0 Å². The third kappa shape index (κ3) is 7.62. The number of allylic oxidation sites excluding steroid dienone is 2. The minimum Gasteiger partial charge on any atom is -0.396 e. The number of amides is 2. The van der Waals surface area contributed by atoms with E-state index in [2.05, 4.69) is 34.3 Å². The van der Waals surface area contributed by atoms with Crippen molar-refractivity contribution < 1.29 is 19.8 Å². The van der Waals surface area contributed by atoms with Crippen molar-refractivity contribution in [2.45, 2.75) is 103 Å². The van der Waals surface area contributed by atoms with Crippen LogP contribution in [0.5, 0.6) is 0 Å². The fourth-order valence-electron chi connectivity index (χ4n) is 10.2. The molecule has 0 unspecified atom stereocenters. The Bertz CT molecular complexity index is 1790. The molecule has 6 heterocycles. The normalized spacial score (nSPS) is 29.2. The zero-order valence-corrected chi connectivity index (χ0v) is 33.6. The largest absolute Gasteiger partial charge is 0.396 e. The molecule has 4 aliphatic heterocycles. The van der Waals surface area contributed by atoms with Gasteiger partial charge in [0.05, 0.1) is 23.9 Å². The van der Waals surface area contributed by atoms with Crippen LogP contribution >= 0.6 is 0 Å². The lowest BCUT2D eigenvalue weighted by molar-refractivity contribution is -0.128. The zero-order valence-electron chi connectivity index (χ0n) is 33.6. The van der Waals surface area contributed by atoms with E-state index in [1.165, 1.54) is 25.7 Å². The summed E-state index contributed by atoms with van der Waals surface area (Å²) in [6.45, 7) is 12.3. The average molecular weight is 771 g/mol. The van der Waals surface area contributed by atoms with E-state index >= 15 is 0 Å². The van der Waals surface area contributed by atoms with E-state index in [0.29, 0.717) is 36.1 Å². The molecule has 2 aromatic heterocycles. The molecule has 4 fully saturated rings. The van der Waals surface area contributed by atoms with E-state index < -0.39 is 0 Å². The Morgan fingerprint density at radius 3 is 1.39 bits per heavy atom. The second-order valence-electron chi connectivity index (χ2n) is 16.9. The number of aromatic nitrogens is 2. The molecule has 6 aliphatic rings. The number of carbonyl (C=O) groups excluding carboxylic acids is 2. The molecule has 12 heteroatoms. The lowest BCUT2D eigenvalue weighted by Gasteiger charge is -2.38. The minimum absolute atomic E-state index is 0.00234. The first-order valence-electron chi connectivity index (χ1n) is 21.2. The van der Waals surface area contributed by atoms with Crippen molar-refractivity contribution in [2.24, 2.45) is 35.5 Å². The summed E-state index contributed by atoms with van der Waals surface area (Å²) in [6, 6.07) is 7.46. The lowest BCUT2D eigenvalue weighted by Crippen LogP contribution is -2.47. The molecule has 8 rings (SSSR count). The minimum atomic E-state index is -0.319. The first kappa shape index (κ1) is 40.4. The molecule has 2 aliphatic carbocycles. The summed E-state index contributed by atoms with van der Waals surface area (Å²) in [6.07, 6.45) is 14.1. The predicted octanol–water partition coefficient (Wildman–Crippen LogP) is 3.56. The summed E-state index contributed by atoms with van der Waals surface area (Å²) < 4.78 is 3.68. The third-order valence-corrected chi connectivity index (χ3v) is 13.2. The molecule has 2 aromatic rings. The number of fused-ring (bicyclic) bond motifs is 8. The molecular formula is C44H62N6O6. The first-order chi connectivity index (χ1) is 27.2. The second kappa shape index (κ2) is 17.3.